The Hall–Kier alpha value is -1.13. The maximum atomic E-state index is 12.0. The molecule has 1 atom stereocenters. The van der Waals surface area contributed by atoms with Crippen molar-refractivity contribution in [2.24, 2.45) is 10.6 Å². The van der Waals surface area contributed by atoms with E-state index in [2.05, 4.69) is 5.16 Å². The Kier molecular flexibility index (Phi) is 4.11. The van der Waals surface area contributed by atoms with Crippen molar-refractivity contribution in [1.29, 1.82) is 0 Å². The number of rotatable bonds is 4. The molecule has 1 aliphatic heterocycles. The van der Waals surface area contributed by atoms with Crippen LogP contribution in [0.1, 0.15) is 40.5 Å². The molecule has 0 amide bonds. The number of hydrogen-bond acceptors (Lipinski definition) is 4. The van der Waals surface area contributed by atoms with Crippen molar-refractivity contribution < 1.29 is 18.8 Å². The van der Waals surface area contributed by atoms with Crippen LogP contribution in [0.3, 0.4) is 0 Å². The van der Waals surface area contributed by atoms with E-state index in [0.717, 1.165) is 5.71 Å². The van der Waals surface area contributed by atoms with E-state index in [1.54, 1.807) is 0 Å². The van der Waals surface area contributed by atoms with Gasteiger partial charge in [0.1, 0.15) is 13.3 Å². The maximum absolute atomic E-state index is 12.0. The number of carbonyl (C=O) groups is 1. The molecule has 0 aromatic carbocycles. The molecule has 1 rings (SSSR count). The summed E-state index contributed by atoms with van der Waals surface area (Å²) in [5, 5.41) is 3.98. The minimum absolute atomic E-state index is 0.142. The van der Waals surface area contributed by atoms with E-state index in [-0.39, 0.29) is 12.0 Å². The lowest BCUT2D eigenvalue weighted by atomic mass is 9.82. The highest BCUT2D eigenvalue weighted by Crippen LogP contribution is 2.35. The molecule has 0 fully saturated rings. The minimum atomic E-state index is -1.06. The molecule has 0 saturated carbocycles. The van der Waals surface area contributed by atoms with E-state index < -0.39 is 18.2 Å². The van der Waals surface area contributed by atoms with Crippen LogP contribution in [0.2, 0.25) is 0 Å². The van der Waals surface area contributed by atoms with E-state index in [1.165, 1.54) is 0 Å². The molecule has 0 bridgehead atoms. The number of hydrogen-bond donors (Lipinski definition) is 0. The normalized spacial score (nSPS) is 24.2. The highest BCUT2D eigenvalue weighted by Gasteiger charge is 2.48. The minimum Gasteiger partial charge on any atom is -0.460 e. The second-order valence-corrected chi connectivity index (χ2v) is 5.23. The van der Waals surface area contributed by atoms with Crippen LogP contribution in [-0.4, -0.2) is 30.6 Å². The summed E-state index contributed by atoms with van der Waals surface area (Å²) in [6.07, 6.45) is 0.874. The van der Waals surface area contributed by atoms with Crippen LogP contribution in [0.25, 0.3) is 0 Å². The summed E-state index contributed by atoms with van der Waals surface area (Å²) < 4.78 is 16.8. The van der Waals surface area contributed by atoms with Gasteiger partial charge in [-0.1, -0.05) is 32.9 Å². The van der Waals surface area contributed by atoms with E-state index in [4.69, 9.17) is 9.57 Å². The van der Waals surface area contributed by atoms with Gasteiger partial charge in [-0.15, -0.1) is 0 Å². The first-order valence-corrected chi connectivity index (χ1v) is 5.84. The number of alkyl halides is 1. The van der Waals surface area contributed by atoms with E-state index in [0.29, 0.717) is 12.8 Å². The fourth-order valence-electron chi connectivity index (χ4n) is 1.59. The van der Waals surface area contributed by atoms with E-state index in [1.807, 2.05) is 27.7 Å². The van der Waals surface area contributed by atoms with Crippen molar-refractivity contribution in [2.45, 2.75) is 46.1 Å². The van der Waals surface area contributed by atoms with Gasteiger partial charge >= 0.3 is 5.97 Å². The average molecular weight is 245 g/mol. The quantitative estimate of drug-likeness (QED) is 0.715. The largest absolute Gasteiger partial charge is 0.460 e. The molecular weight excluding hydrogens is 225 g/mol. The van der Waals surface area contributed by atoms with Crippen LogP contribution in [0.5, 0.6) is 0 Å². The number of esters is 1. The second kappa shape index (κ2) is 5.02. The smallest absolute Gasteiger partial charge is 0.353 e. The SMILES string of the molecule is CCC1(C(=O)OCCF)CC(C(C)(C)C)=NO1. The maximum Gasteiger partial charge on any atom is 0.353 e. The lowest BCUT2D eigenvalue weighted by Gasteiger charge is -2.24. The Balaban J connectivity index is 2.73. The zero-order valence-corrected chi connectivity index (χ0v) is 10.9. The van der Waals surface area contributed by atoms with Gasteiger partial charge in [0, 0.05) is 11.8 Å². The van der Waals surface area contributed by atoms with E-state index in [9.17, 15) is 9.18 Å². The Labute approximate surface area is 101 Å². The summed E-state index contributed by atoms with van der Waals surface area (Å²) in [5.74, 6) is -0.527. The fraction of sp³-hybridized carbons (Fsp3) is 0.833. The number of ether oxygens (including phenoxy) is 1. The van der Waals surface area contributed by atoms with Gasteiger partial charge in [0.15, 0.2) is 0 Å². The van der Waals surface area contributed by atoms with Crippen molar-refractivity contribution in [1.82, 2.24) is 0 Å². The lowest BCUT2D eigenvalue weighted by Crippen LogP contribution is -2.41. The molecule has 4 nitrogen and oxygen atoms in total. The monoisotopic (exact) mass is 245 g/mol. The molecule has 0 saturated heterocycles. The van der Waals surface area contributed by atoms with Crippen molar-refractivity contribution in [3.63, 3.8) is 0 Å². The molecule has 0 spiro atoms. The molecular formula is C12H20FNO3. The van der Waals surface area contributed by atoms with Crippen LogP contribution >= 0.6 is 0 Å². The highest BCUT2D eigenvalue weighted by molar-refractivity contribution is 5.96. The van der Waals surface area contributed by atoms with Gasteiger partial charge in [-0.25, -0.2) is 9.18 Å². The molecule has 0 N–H and O–H groups in total. The number of halogens is 1. The lowest BCUT2D eigenvalue weighted by molar-refractivity contribution is -0.170. The van der Waals surface area contributed by atoms with Crippen molar-refractivity contribution in [2.75, 3.05) is 13.3 Å². The summed E-state index contributed by atoms with van der Waals surface area (Å²) in [5.41, 5.74) is -0.369. The van der Waals surface area contributed by atoms with Gasteiger partial charge in [-0.2, -0.15) is 0 Å². The summed E-state index contributed by atoms with van der Waals surface area (Å²) in [6, 6.07) is 0. The Bertz CT molecular complexity index is 322. The predicted molar refractivity (Wildman–Crippen MR) is 62.5 cm³/mol. The second-order valence-electron chi connectivity index (χ2n) is 5.23. The van der Waals surface area contributed by atoms with Crippen LogP contribution in [-0.2, 0) is 14.4 Å². The van der Waals surface area contributed by atoms with Crippen LogP contribution in [0, 0.1) is 5.41 Å². The van der Waals surface area contributed by atoms with Crippen molar-refractivity contribution in [3.8, 4) is 0 Å². The van der Waals surface area contributed by atoms with Gasteiger partial charge in [-0.05, 0) is 6.42 Å². The molecule has 0 aromatic rings. The molecule has 0 aliphatic carbocycles. The van der Waals surface area contributed by atoms with Gasteiger partial charge in [0.2, 0.25) is 5.60 Å². The van der Waals surface area contributed by atoms with Gasteiger partial charge in [-0.3, -0.25) is 0 Å². The Morgan fingerprint density at radius 3 is 2.65 bits per heavy atom. The molecule has 0 radical (unpaired) electrons. The summed E-state index contributed by atoms with van der Waals surface area (Å²) in [6.45, 7) is 6.95. The molecule has 17 heavy (non-hydrogen) atoms. The zero-order valence-electron chi connectivity index (χ0n) is 10.9. The molecule has 1 unspecified atom stereocenters. The van der Waals surface area contributed by atoms with Crippen LogP contribution in [0.4, 0.5) is 4.39 Å². The number of oxime groups is 1. The first-order chi connectivity index (χ1) is 7.85. The first kappa shape index (κ1) is 13.9. The zero-order chi connectivity index (χ0) is 13.1. The Morgan fingerprint density at radius 2 is 2.24 bits per heavy atom. The number of carbonyl (C=O) groups excluding carboxylic acids is 1. The molecule has 98 valence electrons. The van der Waals surface area contributed by atoms with Crippen LogP contribution in [0.15, 0.2) is 5.16 Å². The van der Waals surface area contributed by atoms with Crippen molar-refractivity contribution >= 4 is 11.7 Å². The average Bonchev–Trinajstić information content (AvgIpc) is 2.71. The summed E-state index contributed by atoms with van der Waals surface area (Å²) in [7, 11) is 0. The predicted octanol–water partition coefficient (Wildman–Crippen LogP) is 2.47. The van der Waals surface area contributed by atoms with Gasteiger partial charge in [0.05, 0.1) is 5.71 Å². The third kappa shape index (κ3) is 2.96. The molecule has 0 aromatic heterocycles. The first-order valence-electron chi connectivity index (χ1n) is 5.84. The van der Waals surface area contributed by atoms with Gasteiger partial charge < -0.3 is 9.57 Å². The molecule has 5 heteroatoms. The summed E-state index contributed by atoms with van der Waals surface area (Å²) >= 11 is 0. The van der Waals surface area contributed by atoms with E-state index >= 15 is 0 Å². The fourth-order valence-corrected chi connectivity index (χ4v) is 1.59. The van der Waals surface area contributed by atoms with Crippen LogP contribution < -0.4 is 0 Å². The molecule has 1 heterocycles. The Morgan fingerprint density at radius 1 is 1.59 bits per heavy atom. The third-order valence-corrected chi connectivity index (χ3v) is 2.90. The standard InChI is InChI=1S/C12H20FNO3/c1-5-12(10(15)16-7-6-13)8-9(14-17-12)11(2,3)4/h5-8H2,1-4H3. The molecule has 1 aliphatic rings. The number of nitrogens with zero attached hydrogens (tertiary/aromatic N) is 1. The van der Waals surface area contributed by atoms with Crippen molar-refractivity contribution in [3.05, 3.63) is 0 Å². The third-order valence-electron chi connectivity index (χ3n) is 2.90. The summed E-state index contributed by atoms with van der Waals surface area (Å²) in [4.78, 5) is 17.1. The topological polar surface area (TPSA) is 47.9 Å². The van der Waals surface area contributed by atoms with Gasteiger partial charge in [0.25, 0.3) is 0 Å². The highest BCUT2D eigenvalue weighted by atomic mass is 19.1.